The molecule has 30 heavy (non-hydrogen) atoms. The lowest BCUT2D eigenvalue weighted by molar-refractivity contribution is 0.102. The number of carbonyl (C=O) groups excluding carboxylic acids is 1. The topological polar surface area (TPSA) is 63.7 Å². The fourth-order valence-corrected chi connectivity index (χ4v) is 4.56. The SMILES string of the molecule is O=C(Nc1nc(-c2ccc3c(c2)OCCO3)cs1)c1cccc(CN2CCCC2)c1. The highest BCUT2D eigenvalue weighted by Gasteiger charge is 2.16. The van der Waals surface area contributed by atoms with Gasteiger partial charge < -0.3 is 9.47 Å². The maximum Gasteiger partial charge on any atom is 0.257 e. The zero-order valence-corrected chi connectivity index (χ0v) is 17.4. The average molecular weight is 422 g/mol. The van der Waals surface area contributed by atoms with E-state index in [1.165, 1.54) is 29.7 Å². The molecule has 6 nitrogen and oxygen atoms in total. The number of carbonyl (C=O) groups is 1. The summed E-state index contributed by atoms with van der Waals surface area (Å²) in [5.74, 6) is 1.34. The van der Waals surface area contributed by atoms with Gasteiger partial charge in [0.05, 0.1) is 5.69 Å². The Morgan fingerprint density at radius 3 is 2.77 bits per heavy atom. The van der Waals surface area contributed by atoms with Crippen LogP contribution in [0.2, 0.25) is 0 Å². The first-order valence-corrected chi connectivity index (χ1v) is 11.1. The Hall–Kier alpha value is -2.90. The third-order valence-electron chi connectivity index (χ3n) is 5.36. The molecular formula is C23H23N3O3S. The quantitative estimate of drug-likeness (QED) is 0.660. The second-order valence-electron chi connectivity index (χ2n) is 7.53. The molecule has 1 amide bonds. The lowest BCUT2D eigenvalue weighted by atomic mass is 10.1. The molecule has 0 saturated carbocycles. The number of thiazole rings is 1. The van der Waals surface area contributed by atoms with E-state index < -0.39 is 0 Å². The van der Waals surface area contributed by atoms with Gasteiger partial charge in [0.25, 0.3) is 5.91 Å². The lowest BCUT2D eigenvalue weighted by Gasteiger charge is -2.18. The predicted octanol–water partition coefficient (Wildman–Crippen LogP) is 4.43. The normalized spacial score (nSPS) is 15.9. The van der Waals surface area contributed by atoms with Crippen molar-refractivity contribution in [3.63, 3.8) is 0 Å². The zero-order valence-electron chi connectivity index (χ0n) is 16.6. The van der Waals surface area contributed by atoms with Gasteiger partial charge in [0.2, 0.25) is 0 Å². The van der Waals surface area contributed by atoms with Crippen LogP contribution in [0.5, 0.6) is 11.5 Å². The van der Waals surface area contributed by atoms with Crippen molar-refractivity contribution in [3.05, 3.63) is 59.0 Å². The standard InChI is InChI=1S/C23H23N3O3S/c27-22(18-5-3-4-16(12-18)14-26-8-1-2-9-26)25-23-24-19(15-30-23)17-6-7-20-21(13-17)29-11-10-28-20/h3-7,12-13,15H,1-2,8-11,14H2,(H,24,25,27). The molecule has 7 heteroatoms. The van der Waals surface area contributed by atoms with Crippen LogP contribution in [0.25, 0.3) is 11.3 Å². The summed E-state index contributed by atoms with van der Waals surface area (Å²) in [4.78, 5) is 19.8. The highest BCUT2D eigenvalue weighted by Crippen LogP contribution is 2.35. The monoisotopic (exact) mass is 421 g/mol. The summed E-state index contributed by atoms with van der Waals surface area (Å²) in [7, 11) is 0. The first kappa shape index (κ1) is 19.1. The van der Waals surface area contributed by atoms with Gasteiger partial charge in [-0.15, -0.1) is 11.3 Å². The van der Waals surface area contributed by atoms with Crippen LogP contribution in [0, 0.1) is 0 Å². The van der Waals surface area contributed by atoms with Crippen molar-refractivity contribution in [1.82, 2.24) is 9.88 Å². The molecule has 5 rings (SSSR count). The van der Waals surface area contributed by atoms with Crippen molar-refractivity contribution < 1.29 is 14.3 Å². The fraction of sp³-hybridized carbons (Fsp3) is 0.304. The second kappa shape index (κ2) is 8.45. The number of nitrogens with zero attached hydrogens (tertiary/aromatic N) is 2. The molecule has 3 heterocycles. The van der Waals surface area contributed by atoms with Crippen LogP contribution < -0.4 is 14.8 Å². The van der Waals surface area contributed by atoms with Gasteiger partial charge in [-0.25, -0.2) is 4.98 Å². The number of ether oxygens (including phenoxy) is 2. The Morgan fingerprint density at radius 2 is 1.90 bits per heavy atom. The molecule has 2 aliphatic heterocycles. The highest BCUT2D eigenvalue weighted by molar-refractivity contribution is 7.14. The second-order valence-corrected chi connectivity index (χ2v) is 8.39. The van der Waals surface area contributed by atoms with Crippen molar-refractivity contribution in [1.29, 1.82) is 0 Å². The molecule has 3 aromatic rings. The van der Waals surface area contributed by atoms with Gasteiger partial charge in [-0.2, -0.15) is 0 Å². The Bertz CT molecular complexity index is 1060. The molecule has 0 atom stereocenters. The van der Waals surface area contributed by atoms with Crippen molar-refractivity contribution >= 4 is 22.4 Å². The molecule has 2 aliphatic rings. The van der Waals surface area contributed by atoms with Crippen LogP contribution in [0.1, 0.15) is 28.8 Å². The van der Waals surface area contributed by atoms with Gasteiger partial charge >= 0.3 is 0 Å². The first-order valence-electron chi connectivity index (χ1n) is 10.2. The summed E-state index contributed by atoms with van der Waals surface area (Å²) in [5, 5.41) is 5.44. The van der Waals surface area contributed by atoms with Crippen LogP contribution in [-0.4, -0.2) is 42.1 Å². The van der Waals surface area contributed by atoms with E-state index in [-0.39, 0.29) is 5.91 Å². The average Bonchev–Trinajstić information content (AvgIpc) is 3.46. The number of hydrogen-bond acceptors (Lipinski definition) is 6. The Labute approximate surface area is 179 Å². The van der Waals surface area contributed by atoms with E-state index in [0.717, 1.165) is 42.4 Å². The van der Waals surface area contributed by atoms with E-state index in [1.54, 1.807) is 0 Å². The molecule has 1 aromatic heterocycles. The van der Waals surface area contributed by atoms with Gasteiger partial charge in [-0.3, -0.25) is 15.0 Å². The molecule has 154 valence electrons. The van der Waals surface area contributed by atoms with E-state index >= 15 is 0 Å². The van der Waals surface area contributed by atoms with Crippen LogP contribution in [0.15, 0.2) is 47.8 Å². The number of aromatic nitrogens is 1. The summed E-state index contributed by atoms with van der Waals surface area (Å²) >= 11 is 1.41. The van der Waals surface area contributed by atoms with E-state index in [4.69, 9.17) is 9.47 Å². The minimum atomic E-state index is -0.138. The van der Waals surface area contributed by atoms with Crippen molar-refractivity contribution in [2.45, 2.75) is 19.4 Å². The predicted molar refractivity (Wildman–Crippen MR) is 117 cm³/mol. The van der Waals surface area contributed by atoms with Crippen LogP contribution in [0.3, 0.4) is 0 Å². The van der Waals surface area contributed by atoms with Gasteiger partial charge in [0.15, 0.2) is 16.6 Å². The molecule has 1 fully saturated rings. The zero-order chi connectivity index (χ0) is 20.3. The Balaban J connectivity index is 1.27. The van der Waals surface area contributed by atoms with Crippen LogP contribution in [-0.2, 0) is 6.54 Å². The smallest absolute Gasteiger partial charge is 0.257 e. The van der Waals surface area contributed by atoms with Crippen molar-refractivity contribution in [3.8, 4) is 22.8 Å². The van der Waals surface area contributed by atoms with E-state index in [1.807, 2.05) is 41.8 Å². The minimum Gasteiger partial charge on any atom is -0.486 e. The lowest BCUT2D eigenvalue weighted by Crippen LogP contribution is -2.19. The summed E-state index contributed by atoms with van der Waals surface area (Å²) < 4.78 is 11.2. The van der Waals surface area contributed by atoms with E-state index in [9.17, 15) is 4.79 Å². The molecule has 2 aromatic carbocycles. The maximum absolute atomic E-state index is 12.7. The summed E-state index contributed by atoms with van der Waals surface area (Å²) in [5.41, 5.74) is 3.56. The number of anilines is 1. The molecular weight excluding hydrogens is 398 g/mol. The number of hydrogen-bond donors (Lipinski definition) is 1. The summed E-state index contributed by atoms with van der Waals surface area (Å²) in [6.45, 7) is 4.28. The highest BCUT2D eigenvalue weighted by atomic mass is 32.1. The Kier molecular flexibility index (Phi) is 5.38. The third kappa shape index (κ3) is 4.17. The molecule has 1 N–H and O–H groups in total. The molecule has 1 saturated heterocycles. The summed E-state index contributed by atoms with van der Waals surface area (Å²) in [6.07, 6.45) is 2.52. The molecule has 0 radical (unpaired) electrons. The third-order valence-corrected chi connectivity index (χ3v) is 6.11. The van der Waals surface area contributed by atoms with Gasteiger partial charge in [-0.1, -0.05) is 12.1 Å². The maximum atomic E-state index is 12.7. The molecule has 0 spiro atoms. The van der Waals surface area contributed by atoms with E-state index in [2.05, 4.69) is 21.3 Å². The molecule has 0 aliphatic carbocycles. The fourth-order valence-electron chi connectivity index (χ4n) is 3.85. The Morgan fingerprint density at radius 1 is 1.07 bits per heavy atom. The number of amides is 1. The van der Waals surface area contributed by atoms with Crippen molar-refractivity contribution in [2.75, 3.05) is 31.6 Å². The first-order chi connectivity index (χ1) is 14.7. The van der Waals surface area contributed by atoms with Crippen molar-refractivity contribution in [2.24, 2.45) is 0 Å². The van der Waals surface area contributed by atoms with Gasteiger partial charge in [-0.05, 0) is 61.8 Å². The van der Waals surface area contributed by atoms with Gasteiger partial charge in [0.1, 0.15) is 13.2 Å². The number of rotatable bonds is 5. The largest absolute Gasteiger partial charge is 0.486 e. The number of fused-ring (bicyclic) bond motifs is 1. The number of benzene rings is 2. The summed E-state index contributed by atoms with van der Waals surface area (Å²) in [6, 6.07) is 13.6. The molecule has 0 unspecified atom stereocenters. The van der Waals surface area contributed by atoms with Crippen LogP contribution in [0.4, 0.5) is 5.13 Å². The number of likely N-dealkylation sites (tertiary alicyclic amines) is 1. The molecule has 0 bridgehead atoms. The van der Waals surface area contributed by atoms with E-state index in [0.29, 0.717) is 23.9 Å². The number of nitrogens with one attached hydrogen (secondary N) is 1. The minimum absolute atomic E-state index is 0.138. The van der Waals surface area contributed by atoms with Crippen LogP contribution >= 0.6 is 11.3 Å². The van der Waals surface area contributed by atoms with Gasteiger partial charge in [0, 0.05) is 23.1 Å².